The second-order valence-electron chi connectivity index (χ2n) is 6.57. The molecule has 2 nitrogen and oxygen atoms in total. The molecule has 1 saturated carbocycles. The smallest absolute Gasteiger partial charge is 0.0974 e. The van der Waals surface area contributed by atoms with Crippen molar-refractivity contribution >= 4 is 37.5 Å². The molecule has 0 amide bonds. The van der Waals surface area contributed by atoms with Crippen molar-refractivity contribution in [3.63, 3.8) is 0 Å². The minimum atomic E-state index is 0.211. The lowest BCUT2D eigenvalue weighted by Crippen LogP contribution is -2.45. The van der Waals surface area contributed by atoms with Crippen molar-refractivity contribution in [2.24, 2.45) is 17.1 Å². The summed E-state index contributed by atoms with van der Waals surface area (Å²) in [5.41, 5.74) is 7.59. The zero-order chi connectivity index (χ0) is 14.5. The summed E-state index contributed by atoms with van der Waals surface area (Å²) in [6.45, 7) is 6.99. The first-order chi connectivity index (χ1) is 9.39. The number of thiazole rings is 1. The zero-order valence-electron chi connectivity index (χ0n) is 12.2. The standard InChI is InChI=1S/C16H21BrN2S/c1-9-12(18)6-5-11(16(9,2)3)15-19-13-7-4-10(17)8-14(13)20-15/h4,7-9,11-12H,5-6,18H2,1-3H3. The van der Waals surface area contributed by atoms with E-state index in [0.29, 0.717) is 17.9 Å². The lowest BCUT2D eigenvalue weighted by Gasteiger charge is -2.46. The first kappa shape index (κ1) is 14.5. The summed E-state index contributed by atoms with van der Waals surface area (Å²) >= 11 is 5.38. The average molecular weight is 353 g/mol. The van der Waals surface area contributed by atoms with Gasteiger partial charge in [-0.15, -0.1) is 11.3 Å². The van der Waals surface area contributed by atoms with Crippen LogP contribution in [0.4, 0.5) is 0 Å². The summed E-state index contributed by atoms with van der Waals surface area (Å²) in [6.07, 6.45) is 2.26. The summed E-state index contributed by atoms with van der Waals surface area (Å²) in [4.78, 5) is 4.89. The lowest BCUT2D eigenvalue weighted by molar-refractivity contribution is 0.0993. The van der Waals surface area contributed by atoms with Gasteiger partial charge < -0.3 is 5.73 Å². The van der Waals surface area contributed by atoms with Crippen molar-refractivity contribution in [3.05, 3.63) is 27.7 Å². The highest BCUT2D eigenvalue weighted by Crippen LogP contribution is 2.51. The molecule has 2 N–H and O–H groups in total. The van der Waals surface area contributed by atoms with Gasteiger partial charge in [0.15, 0.2) is 0 Å². The Bertz CT molecular complexity index is 634. The van der Waals surface area contributed by atoms with E-state index < -0.39 is 0 Å². The molecular weight excluding hydrogens is 332 g/mol. The SMILES string of the molecule is CC1C(N)CCC(c2nc3ccc(Br)cc3s2)C1(C)C. The fourth-order valence-electron chi connectivity index (χ4n) is 3.36. The van der Waals surface area contributed by atoms with E-state index in [9.17, 15) is 0 Å². The fourth-order valence-corrected chi connectivity index (χ4v) is 5.21. The maximum absolute atomic E-state index is 6.27. The molecule has 1 aliphatic rings. The second-order valence-corrected chi connectivity index (χ2v) is 8.55. The van der Waals surface area contributed by atoms with Gasteiger partial charge in [-0.3, -0.25) is 0 Å². The predicted molar refractivity (Wildman–Crippen MR) is 90.2 cm³/mol. The van der Waals surface area contributed by atoms with Crippen LogP contribution in [-0.4, -0.2) is 11.0 Å². The summed E-state index contributed by atoms with van der Waals surface area (Å²) in [5, 5.41) is 1.28. The van der Waals surface area contributed by atoms with Crippen LogP contribution in [0.15, 0.2) is 22.7 Å². The fraction of sp³-hybridized carbons (Fsp3) is 0.562. The monoisotopic (exact) mass is 352 g/mol. The molecule has 0 aliphatic heterocycles. The Kier molecular flexibility index (Phi) is 3.68. The van der Waals surface area contributed by atoms with Crippen molar-refractivity contribution in [1.29, 1.82) is 0 Å². The molecule has 1 aromatic heterocycles. The molecule has 3 atom stereocenters. The van der Waals surface area contributed by atoms with Gasteiger partial charge in [0.1, 0.15) is 0 Å². The van der Waals surface area contributed by atoms with Gasteiger partial charge in [0.25, 0.3) is 0 Å². The third kappa shape index (κ3) is 2.32. The molecule has 2 aromatic rings. The molecule has 1 heterocycles. The second kappa shape index (κ2) is 5.08. The van der Waals surface area contributed by atoms with Gasteiger partial charge in [-0.2, -0.15) is 0 Å². The highest BCUT2D eigenvalue weighted by atomic mass is 79.9. The third-order valence-electron chi connectivity index (χ3n) is 5.17. The van der Waals surface area contributed by atoms with Crippen LogP contribution in [-0.2, 0) is 0 Å². The number of fused-ring (bicyclic) bond motifs is 1. The van der Waals surface area contributed by atoms with E-state index in [-0.39, 0.29) is 5.41 Å². The molecule has 3 rings (SSSR count). The largest absolute Gasteiger partial charge is 0.327 e. The van der Waals surface area contributed by atoms with Crippen LogP contribution in [0.3, 0.4) is 0 Å². The summed E-state index contributed by atoms with van der Waals surface area (Å²) in [5.74, 6) is 1.05. The Hall–Kier alpha value is -0.450. The molecule has 1 aromatic carbocycles. The number of halogens is 1. The van der Waals surface area contributed by atoms with Crippen molar-refractivity contribution < 1.29 is 0 Å². The van der Waals surface area contributed by atoms with Gasteiger partial charge in [-0.25, -0.2) is 4.98 Å². The van der Waals surface area contributed by atoms with Gasteiger partial charge in [0.05, 0.1) is 15.2 Å². The van der Waals surface area contributed by atoms with Crippen molar-refractivity contribution in [2.45, 2.75) is 45.6 Å². The van der Waals surface area contributed by atoms with E-state index in [4.69, 9.17) is 10.7 Å². The van der Waals surface area contributed by atoms with Gasteiger partial charge in [-0.05, 0) is 42.4 Å². The van der Waals surface area contributed by atoms with Crippen LogP contribution in [0, 0.1) is 11.3 Å². The van der Waals surface area contributed by atoms with E-state index >= 15 is 0 Å². The van der Waals surface area contributed by atoms with E-state index in [2.05, 4.69) is 54.9 Å². The Morgan fingerprint density at radius 3 is 2.85 bits per heavy atom. The van der Waals surface area contributed by atoms with Crippen LogP contribution < -0.4 is 5.73 Å². The highest BCUT2D eigenvalue weighted by Gasteiger charge is 2.43. The Morgan fingerprint density at radius 1 is 1.35 bits per heavy atom. The number of hydrogen-bond donors (Lipinski definition) is 1. The molecule has 4 heteroatoms. The summed E-state index contributed by atoms with van der Waals surface area (Å²) in [6, 6.07) is 6.66. The molecule has 0 saturated heterocycles. The molecule has 3 unspecified atom stereocenters. The molecular formula is C16H21BrN2S. The van der Waals surface area contributed by atoms with Crippen molar-refractivity contribution in [1.82, 2.24) is 4.98 Å². The summed E-state index contributed by atoms with van der Waals surface area (Å²) < 4.78 is 2.39. The lowest BCUT2D eigenvalue weighted by atomic mass is 9.61. The van der Waals surface area contributed by atoms with Gasteiger partial charge in [-0.1, -0.05) is 36.7 Å². The normalized spacial score (nSPS) is 29.8. The summed E-state index contributed by atoms with van der Waals surface area (Å²) in [7, 11) is 0. The quantitative estimate of drug-likeness (QED) is 0.790. The Labute approximate surface area is 132 Å². The van der Waals surface area contributed by atoms with Gasteiger partial charge in [0, 0.05) is 16.4 Å². The first-order valence-corrected chi connectivity index (χ1v) is 8.82. The van der Waals surface area contributed by atoms with Gasteiger partial charge in [0.2, 0.25) is 0 Å². The number of nitrogens with zero attached hydrogens (tertiary/aromatic N) is 1. The topological polar surface area (TPSA) is 38.9 Å². The number of rotatable bonds is 1. The number of hydrogen-bond acceptors (Lipinski definition) is 3. The Morgan fingerprint density at radius 2 is 2.10 bits per heavy atom. The van der Waals surface area contributed by atoms with Gasteiger partial charge >= 0.3 is 0 Å². The van der Waals surface area contributed by atoms with E-state index in [1.807, 2.05) is 11.3 Å². The van der Waals surface area contributed by atoms with E-state index in [0.717, 1.165) is 22.8 Å². The van der Waals surface area contributed by atoms with Crippen molar-refractivity contribution in [2.75, 3.05) is 0 Å². The molecule has 1 fully saturated rings. The zero-order valence-corrected chi connectivity index (χ0v) is 14.6. The van der Waals surface area contributed by atoms with Crippen LogP contribution in [0.5, 0.6) is 0 Å². The van der Waals surface area contributed by atoms with E-state index in [1.165, 1.54) is 9.71 Å². The predicted octanol–water partition coefficient (Wildman–Crippen LogP) is 4.93. The highest BCUT2D eigenvalue weighted by molar-refractivity contribution is 9.10. The molecule has 1 aliphatic carbocycles. The van der Waals surface area contributed by atoms with Crippen LogP contribution in [0.1, 0.15) is 44.5 Å². The molecule has 20 heavy (non-hydrogen) atoms. The van der Waals surface area contributed by atoms with Crippen LogP contribution >= 0.6 is 27.3 Å². The Balaban J connectivity index is 2.01. The maximum Gasteiger partial charge on any atom is 0.0974 e. The molecule has 0 spiro atoms. The number of nitrogens with two attached hydrogens (primary N) is 1. The van der Waals surface area contributed by atoms with E-state index in [1.54, 1.807) is 0 Å². The maximum atomic E-state index is 6.27. The number of aromatic nitrogens is 1. The average Bonchev–Trinajstić information content (AvgIpc) is 2.78. The van der Waals surface area contributed by atoms with Crippen LogP contribution in [0.25, 0.3) is 10.2 Å². The first-order valence-electron chi connectivity index (χ1n) is 7.21. The minimum Gasteiger partial charge on any atom is -0.327 e. The molecule has 0 radical (unpaired) electrons. The third-order valence-corrected chi connectivity index (χ3v) is 6.79. The molecule has 108 valence electrons. The number of benzene rings is 1. The van der Waals surface area contributed by atoms with Crippen LogP contribution in [0.2, 0.25) is 0 Å². The minimum absolute atomic E-state index is 0.211. The van der Waals surface area contributed by atoms with Crippen molar-refractivity contribution in [3.8, 4) is 0 Å². The molecule has 0 bridgehead atoms.